The molecule has 0 saturated carbocycles. The SMILES string of the molecule is CCCCCCCCCCCCCCCCCCCCCCCCC(=O)O[C@H](COC(=O)CCCCCCCCCCCCCCCC(C)C)COP(=O)(O)OC[C@@H](O)COP(=O)(O)OC[C@@H](COC(=O)CCCCCCC)OC(=O)CCCCCCCCCCCCCCC. The van der Waals surface area contributed by atoms with E-state index >= 15 is 0 Å². The molecule has 0 aliphatic carbocycles. The number of hydrogen-bond acceptors (Lipinski definition) is 15. The Morgan fingerprint density at radius 1 is 0.281 bits per heavy atom. The van der Waals surface area contributed by atoms with Crippen molar-refractivity contribution in [1.29, 1.82) is 0 Å². The number of hydrogen-bond donors (Lipinski definition) is 3. The van der Waals surface area contributed by atoms with Crippen LogP contribution in [0.4, 0.5) is 0 Å². The standard InChI is InChI=1S/C77H150O17P2/c1-6-9-12-15-17-19-21-23-24-25-26-27-28-29-30-31-35-40-44-48-53-58-63-77(82)94-73(67-88-75(80)61-56-51-46-42-38-36-32-34-37-41-45-50-54-59-70(4)5)69-92-96(85,86)90-65-71(78)64-89-95(83,84)91-68-72(66-87-74(79)60-55-49-14-11-8-3)93-76(81)62-57-52-47-43-39-33-22-20-18-16-13-10-7-2/h70-73,78H,6-69H2,1-5H3,(H,83,84)(H,85,86)/t71-,72+,73+/m0/s1. The normalized spacial score (nSPS) is 13.9. The van der Waals surface area contributed by atoms with Gasteiger partial charge in [-0.1, -0.05) is 356 Å². The monoisotopic (exact) mass is 1410 g/mol. The molecule has 5 atom stereocenters. The highest BCUT2D eigenvalue weighted by atomic mass is 31.2. The summed E-state index contributed by atoms with van der Waals surface area (Å²) in [6.07, 6.45) is 60.2. The summed E-state index contributed by atoms with van der Waals surface area (Å²) in [5.74, 6) is -1.33. The zero-order chi connectivity index (χ0) is 70.5. The van der Waals surface area contributed by atoms with Gasteiger partial charge < -0.3 is 33.8 Å². The molecule has 2 unspecified atom stereocenters. The molecule has 0 aromatic heterocycles. The van der Waals surface area contributed by atoms with Gasteiger partial charge in [0.1, 0.15) is 19.3 Å². The second-order valence-corrected chi connectivity index (χ2v) is 31.1. The molecule has 0 fully saturated rings. The van der Waals surface area contributed by atoms with E-state index in [4.69, 9.17) is 37.0 Å². The molecule has 96 heavy (non-hydrogen) atoms. The van der Waals surface area contributed by atoms with E-state index in [0.717, 1.165) is 102 Å². The summed E-state index contributed by atoms with van der Waals surface area (Å²) in [5.41, 5.74) is 0. The number of ether oxygens (including phenoxy) is 4. The van der Waals surface area contributed by atoms with Crippen molar-refractivity contribution in [3.8, 4) is 0 Å². The Bertz CT molecular complexity index is 1840. The highest BCUT2D eigenvalue weighted by Gasteiger charge is 2.30. The Morgan fingerprint density at radius 3 is 0.708 bits per heavy atom. The van der Waals surface area contributed by atoms with E-state index in [1.165, 1.54) is 225 Å². The Kier molecular flexibility index (Phi) is 68.7. The Labute approximate surface area is 588 Å². The van der Waals surface area contributed by atoms with E-state index < -0.39 is 97.5 Å². The average molecular weight is 1410 g/mol. The van der Waals surface area contributed by atoms with Gasteiger partial charge in [0.15, 0.2) is 12.2 Å². The molecule has 3 N–H and O–H groups in total. The molecule has 0 aromatic rings. The van der Waals surface area contributed by atoms with Gasteiger partial charge in [0, 0.05) is 25.7 Å². The van der Waals surface area contributed by atoms with Crippen LogP contribution in [0.2, 0.25) is 0 Å². The van der Waals surface area contributed by atoms with Crippen LogP contribution in [0.1, 0.15) is 407 Å². The van der Waals surface area contributed by atoms with Gasteiger partial charge in [0.25, 0.3) is 0 Å². The average Bonchev–Trinajstić information content (AvgIpc) is 1.33. The minimum atomic E-state index is -4.96. The number of carbonyl (C=O) groups excluding carboxylic acids is 4. The third kappa shape index (κ3) is 70.5. The Hall–Kier alpha value is -1.94. The van der Waals surface area contributed by atoms with E-state index in [-0.39, 0.29) is 25.7 Å². The van der Waals surface area contributed by atoms with Crippen LogP contribution < -0.4 is 0 Å². The van der Waals surface area contributed by atoms with Crippen LogP contribution >= 0.6 is 15.6 Å². The quantitative estimate of drug-likeness (QED) is 0.0222. The summed E-state index contributed by atoms with van der Waals surface area (Å²) in [6.45, 7) is 7.23. The van der Waals surface area contributed by atoms with Gasteiger partial charge in [-0.3, -0.25) is 37.3 Å². The molecule has 0 saturated heterocycles. The van der Waals surface area contributed by atoms with Crippen molar-refractivity contribution >= 4 is 39.5 Å². The van der Waals surface area contributed by atoms with Crippen molar-refractivity contribution in [2.24, 2.45) is 5.92 Å². The lowest BCUT2D eigenvalue weighted by molar-refractivity contribution is -0.161. The molecule has 570 valence electrons. The van der Waals surface area contributed by atoms with Crippen LogP contribution in [0.5, 0.6) is 0 Å². The van der Waals surface area contributed by atoms with E-state index in [0.29, 0.717) is 25.7 Å². The van der Waals surface area contributed by atoms with Crippen molar-refractivity contribution in [1.82, 2.24) is 0 Å². The van der Waals surface area contributed by atoms with Gasteiger partial charge in [-0.05, 0) is 31.6 Å². The number of aliphatic hydroxyl groups is 1. The fourth-order valence-electron chi connectivity index (χ4n) is 11.9. The molecule has 0 heterocycles. The van der Waals surface area contributed by atoms with E-state index in [9.17, 15) is 43.2 Å². The van der Waals surface area contributed by atoms with Crippen molar-refractivity contribution < 1.29 is 80.2 Å². The molecular weight excluding hydrogens is 1260 g/mol. The zero-order valence-corrected chi connectivity index (χ0v) is 64.3. The highest BCUT2D eigenvalue weighted by molar-refractivity contribution is 7.47. The van der Waals surface area contributed by atoms with Crippen molar-refractivity contribution in [2.75, 3.05) is 39.6 Å². The van der Waals surface area contributed by atoms with Crippen LogP contribution in [0.15, 0.2) is 0 Å². The molecule has 0 spiro atoms. The van der Waals surface area contributed by atoms with Crippen LogP contribution in [0.3, 0.4) is 0 Å². The Balaban J connectivity index is 5.11. The molecule has 0 bridgehead atoms. The highest BCUT2D eigenvalue weighted by Crippen LogP contribution is 2.45. The molecular formula is C77H150O17P2. The zero-order valence-electron chi connectivity index (χ0n) is 62.5. The number of carbonyl (C=O) groups is 4. The number of phosphoric ester groups is 2. The topological polar surface area (TPSA) is 237 Å². The number of unbranched alkanes of at least 4 members (excludes halogenated alkanes) is 49. The van der Waals surface area contributed by atoms with E-state index in [1.54, 1.807) is 0 Å². The largest absolute Gasteiger partial charge is 0.472 e. The minimum Gasteiger partial charge on any atom is -0.462 e. The molecule has 19 heteroatoms. The lowest BCUT2D eigenvalue weighted by atomic mass is 10.0. The summed E-state index contributed by atoms with van der Waals surface area (Å²) < 4.78 is 68.3. The molecule has 0 aliphatic heterocycles. The van der Waals surface area contributed by atoms with Crippen molar-refractivity contribution in [3.63, 3.8) is 0 Å². The lowest BCUT2D eigenvalue weighted by Gasteiger charge is -2.21. The second kappa shape index (κ2) is 70.1. The molecule has 0 rings (SSSR count). The van der Waals surface area contributed by atoms with Crippen LogP contribution in [-0.2, 0) is 65.4 Å². The van der Waals surface area contributed by atoms with Crippen molar-refractivity contribution in [3.05, 3.63) is 0 Å². The summed E-state index contributed by atoms with van der Waals surface area (Å²) in [6, 6.07) is 0. The fraction of sp³-hybridized carbons (Fsp3) is 0.948. The second-order valence-electron chi connectivity index (χ2n) is 28.2. The molecule has 0 radical (unpaired) electrons. The van der Waals surface area contributed by atoms with Gasteiger partial charge in [0.2, 0.25) is 0 Å². The number of phosphoric acid groups is 2. The predicted octanol–water partition coefficient (Wildman–Crippen LogP) is 22.9. The number of aliphatic hydroxyl groups excluding tert-OH is 1. The minimum absolute atomic E-state index is 0.107. The van der Waals surface area contributed by atoms with Gasteiger partial charge >= 0.3 is 39.5 Å². The predicted molar refractivity (Wildman–Crippen MR) is 391 cm³/mol. The lowest BCUT2D eigenvalue weighted by Crippen LogP contribution is -2.30. The first-order chi connectivity index (χ1) is 46.5. The maximum Gasteiger partial charge on any atom is 0.472 e. The third-order valence-electron chi connectivity index (χ3n) is 18.0. The van der Waals surface area contributed by atoms with Gasteiger partial charge in [-0.25, -0.2) is 9.13 Å². The third-order valence-corrected chi connectivity index (χ3v) is 19.9. The Morgan fingerprint density at radius 2 is 0.479 bits per heavy atom. The molecule has 0 aliphatic rings. The maximum atomic E-state index is 13.1. The number of esters is 4. The first-order valence-corrected chi connectivity index (χ1v) is 43.1. The van der Waals surface area contributed by atoms with Gasteiger partial charge in [-0.2, -0.15) is 0 Å². The molecule has 0 aromatic carbocycles. The summed E-state index contributed by atoms with van der Waals surface area (Å²) in [7, 11) is -9.90. The van der Waals surface area contributed by atoms with Gasteiger partial charge in [0.05, 0.1) is 26.4 Å². The number of rotatable bonds is 77. The molecule has 17 nitrogen and oxygen atoms in total. The summed E-state index contributed by atoms with van der Waals surface area (Å²) >= 11 is 0. The van der Waals surface area contributed by atoms with E-state index in [1.807, 2.05) is 0 Å². The van der Waals surface area contributed by atoms with Crippen LogP contribution in [-0.4, -0.2) is 96.7 Å². The summed E-state index contributed by atoms with van der Waals surface area (Å²) in [4.78, 5) is 72.5. The smallest absolute Gasteiger partial charge is 0.462 e. The fourth-order valence-corrected chi connectivity index (χ4v) is 13.5. The first-order valence-electron chi connectivity index (χ1n) is 40.1. The molecule has 0 amide bonds. The van der Waals surface area contributed by atoms with E-state index in [2.05, 4.69) is 34.6 Å². The van der Waals surface area contributed by atoms with Crippen LogP contribution in [0, 0.1) is 5.92 Å². The van der Waals surface area contributed by atoms with Crippen LogP contribution in [0.25, 0.3) is 0 Å². The van der Waals surface area contributed by atoms with Gasteiger partial charge in [-0.15, -0.1) is 0 Å². The maximum absolute atomic E-state index is 13.1. The summed E-state index contributed by atoms with van der Waals surface area (Å²) in [5, 5.41) is 10.6. The first kappa shape index (κ1) is 94.1. The van der Waals surface area contributed by atoms with Crippen molar-refractivity contribution in [2.45, 2.75) is 425 Å².